The van der Waals surface area contributed by atoms with Crippen molar-refractivity contribution in [3.05, 3.63) is 18.2 Å². The van der Waals surface area contributed by atoms with Crippen LogP contribution in [0.15, 0.2) is 18.2 Å². The van der Waals surface area contributed by atoms with Gasteiger partial charge in [-0.05, 0) is 31.0 Å². The van der Waals surface area contributed by atoms with Crippen molar-refractivity contribution < 1.29 is 4.79 Å². The summed E-state index contributed by atoms with van der Waals surface area (Å²) in [6.07, 6.45) is 2.25. The molecule has 19 heavy (non-hydrogen) atoms. The largest absolute Gasteiger partial charge is 0.399 e. The normalized spacial score (nSPS) is 15.6. The molecule has 4 nitrogen and oxygen atoms in total. The zero-order valence-electron chi connectivity index (χ0n) is 10.1. The van der Waals surface area contributed by atoms with Gasteiger partial charge in [0.25, 0.3) is 9.70 Å². The molecule has 0 aromatic heterocycles. The van der Waals surface area contributed by atoms with Crippen molar-refractivity contribution in [3.8, 4) is 0 Å². The number of rotatable bonds is 2. The lowest BCUT2D eigenvalue weighted by atomic mass is 10.2. The second-order valence-electron chi connectivity index (χ2n) is 4.42. The maximum Gasteiger partial charge on any atom is 0.276 e. The van der Waals surface area contributed by atoms with Gasteiger partial charge in [0.05, 0.1) is 11.4 Å². The van der Waals surface area contributed by atoms with Crippen LogP contribution < -0.4 is 16.0 Å². The Balaban J connectivity index is 2.27. The Bertz CT molecular complexity index is 482. The topological polar surface area (TPSA) is 58.4 Å². The number of anilines is 3. The number of nitrogens with zero attached hydrogens (tertiary/aromatic N) is 1. The molecule has 0 aliphatic carbocycles. The number of hydrogen-bond acceptors (Lipinski definition) is 3. The highest BCUT2D eigenvalue weighted by Crippen LogP contribution is 2.33. The molecule has 2 rings (SSSR count). The SMILES string of the molecule is Nc1ccc(N2CCCC2)c(NC(=O)C(Cl)(Cl)Cl)c1. The fourth-order valence-electron chi connectivity index (χ4n) is 2.08. The molecule has 1 heterocycles. The van der Waals surface area contributed by atoms with Gasteiger partial charge in [-0.3, -0.25) is 4.79 Å². The lowest BCUT2D eigenvalue weighted by molar-refractivity contribution is -0.115. The minimum atomic E-state index is -1.99. The summed E-state index contributed by atoms with van der Waals surface area (Å²) in [5.74, 6) is -0.691. The zero-order valence-corrected chi connectivity index (χ0v) is 12.4. The van der Waals surface area contributed by atoms with Gasteiger partial charge in [0, 0.05) is 18.8 Å². The summed E-state index contributed by atoms with van der Waals surface area (Å²) >= 11 is 16.7. The predicted octanol–water partition coefficient (Wildman–Crippen LogP) is 3.18. The van der Waals surface area contributed by atoms with E-state index in [0.717, 1.165) is 31.6 Å². The van der Waals surface area contributed by atoms with Gasteiger partial charge in [0.15, 0.2) is 0 Å². The van der Waals surface area contributed by atoms with Gasteiger partial charge in [0.2, 0.25) is 0 Å². The van der Waals surface area contributed by atoms with Gasteiger partial charge in [-0.1, -0.05) is 34.8 Å². The first kappa shape index (κ1) is 14.6. The first-order valence-electron chi connectivity index (χ1n) is 5.90. The summed E-state index contributed by atoms with van der Waals surface area (Å²) in [6, 6.07) is 5.33. The second kappa shape index (κ2) is 5.65. The average Bonchev–Trinajstić information content (AvgIpc) is 2.81. The highest BCUT2D eigenvalue weighted by Gasteiger charge is 2.31. The van der Waals surface area contributed by atoms with E-state index in [2.05, 4.69) is 10.2 Å². The number of hydrogen-bond donors (Lipinski definition) is 2. The summed E-state index contributed by atoms with van der Waals surface area (Å²) < 4.78 is -1.99. The van der Waals surface area contributed by atoms with E-state index in [-0.39, 0.29) is 0 Å². The van der Waals surface area contributed by atoms with Crippen LogP contribution in [0.2, 0.25) is 0 Å². The molecule has 1 aromatic carbocycles. The number of carbonyl (C=O) groups is 1. The third kappa shape index (κ3) is 3.59. The summed E-state index contributed by atoms with van der Waals surface area (Å²) in [5, 5.41) is 2.61. The van der Waals surface area contributed by atoms with Gasteiger partial charge in [0.1, 0.15) is 0 Å². The molecular formula is C12H14Cl3N3O. The van der Waals surface area contributed by atoms with E-state index in [9.17, 15) is 4.79 Å². The number of alkyl halides is 3. The number of halogens is 3. The maximum atomic E-state index is 11.7. The van der Waals surface area contributed by atoms with Crippen molar-refractivity contribution in [2.45, 2.75) is 16.6 Å². The molecule has 0 spiro atoms. The first-order valence-corrected chi connectivity index (χ1v) is 7.04. The van der Waals surface area contributed by atoms with Gasteiger partial charge >= 0.3 is 0 Å². The Morgan fingerprint density at radius 1 is 1.26 bits per heavy atom. The van der Waals surface area contributed by atoms with Gasteiger partial charge in [-0.25, -0.2) is 0 Å². The molecule has 0 saturated carbocycles. The van der Waals surface area contributed by atoms with Crippen LogP contribution in [0, 0.1) is 0 Å². The third-order valence-corrected chi connectivity index (χ3v) is 3.49. The lowest BCUT2D eigenvalue weighted by Crippen LogP contribution is -2.28. The van der Waals surface area contributed by atoms with Crippen LogP contribution in [0.25, 0.3) is 0 Å². The van der Waals surface area contributed by atoms with Crippen LogP contribution in [0.1, 0.15) is 12.8 Å². The van der Waals surface area contributed by atoms with Crippen LogP contribution in [-0.4, -0.2) is 22.8 Å². The van der Waals surface area contributed by atoms with Crippen molar-refractivity contribution in [2.24, 2.45) is 0 Å². The van der Waals surface area contributed by atoms with Crippen LogP contribution in [0.4, 0.5) is 17.1 Å². The molecule has 1 amide bonds. The molecule has 7 heteroatoms. The summed E-state index contributed by atoms with van der Waals surface area (Å²) in [6.45, 7) is 1.89. The van der Waals surface area contributed by atoms with Gasteiger partial charge < -0.3 is 16.0 Å². The Morgan fingerprint density at radius 2 is 1.89 bits per heavy atom. The smallest absolute Gasteiger partial charge is 0.276 e. The quantitative estimate of drug-likeness (QED) is 0.649. The van der Waals surface area contributed by atoms with E-state index >= 15 is 0 Å². The molecule has 1 fully saturated rings. The van der Waals surface area contributed by atoms with Gasteiger partial charge in [-0.2, -0.15) is 0 Å². The Kier molecular flexibility index (Phi) is 4.33. The summed E-state index contributed by atoms with van der Waals surface area (Å²) in [7, 11) is 0. The molecule has 1 saturated heterocycles. The van der Waals surface area contributed by atoms with E-state index < -0.39 is 9.70 Å². The van der Waals surface area contributed by atoms with Crippen molar-refractivity contribution in [3.63, 3.8) is 0 Å². The van der Waals surface area contributed by atoms with E-state index in [1.807, 2.05) is 6.07 Å². The monoisotopic (exact) mass is 321 g/mol. The number of amides is 1. The fraction of sp³-hybridized carbons (Fsp3) is 0.417. The fourth-order valence-corrected chi connectivity index (χ4v) is 2.22. The minimum Gasteiger partial charge on any atom is -0.399 e. The van der Waals surface area contributed by atoms with E-state index in [4.69, 9.17) is 40.5 Å². The van der Waals surface area contributed by atoms with E-state index in [1.54, 1.807) is 12.1 Å². The number of carbonyl (C=O) groups excluding carboxylic acids is 1. The zero-order chi connectivity index (χ0) is 14.0. The van der Waals surface area contributed by atoms with E-state index in [1.165, 1.54) is 0 Å². The number of nitrogen functional groups attached to an aromatic ring is 1. The van der Waals surface area contributed by atoms with Crippen molar-refractivity contribution in [1.29, 1.82) is 0 Å². The van der Waals surface area contributed by atoms with Crippen molar-refractivity contribution in [1.82, 2.24) is 0 Å². The van der Waals surface area contributed by atoms with Crippen molar-refractivity contribution >= 4 is 57.8 Å². The number of benzene rings is 1. The second-order valence-corrected chi connectivity index (χ2v) is 6.70. The maximum absolute atomic E-state index is 11.7. The highest BCUT2D eigenvalue weighted by molar-refractivity contribution is 6.76. The molecule has 0 atom stereocenters. The van der Waals surface area contributed by atoms with Crippen LogP contribution >= 0.6 is 34.8 Å². The summed E-state index contributed by atoms with van der Waals surface area (Å²) in [5.41, 5.74) is 7.75. The Labute approximate surface area is 126 Å². The number of nitrogens with one attached hydrogen (secondary N) is 1. The van der Waals surface area contributed by atoms with Crippen LogP contribution in [-0.2, 0) is 4.79 Å². The third-order valence-electron chi connectivity index (χ3n) is 2.97. The van der Waals surface area contributed by atoms with Gasteiger partial charge in [-0.15, -0.1) is 0 Å². The molecule has 0 bridgehead atoms. The Hall–Kier alpha value is -0.840. The molecule has 1 aromatic rings. The molecule has 1 aliphatic rings. The van der Waals surface area contributed by atoms with Crippen LogP contribution in [0.5, 0.6) is 0 Å². The molecule has 0 unspecified atom stereocenters. The van der Waals surface area contributed by atoms with E-state index in [0.29, 0.717) is 11.4 Å². The minimum absolute atomic E-state index is 0.544. The standard InChI is InChI=1S/C12H14Cl3N3O/c13-12(14,15)11(19)17-9-7-8(16)3-4-10(9)18-5-1-2-6-18/h3-4,7H,1-2,5-6,16H2,(H,17,19). The average molecular weight is 323 g/mol. The molecule has 0 radical (unpaired) electrons. The summed E-state index contributed by atoms with van der Waals surface area (Å²) in [4.78, 5) is 13.9. The lowest BCUT2D eigenvalue weighted by Gasteiger charge is -2.23. The highest BCUT2D eigenvalue weighted by atomic mass is 35.6. The Morgan fingerprint density at radius 3 is 2.47 bits per heavy atom. The van der Waals surface area contributed by atoms with Crippen LogP contribution in [0.3, 0.4) is 0 Å². The predicted molar refractivity (Wildman–Crippen MR) is 81.2 cm³/mol. The first-order chi connectivity index (χ1) is 8.88. The molecular weight excluding hydrogens is 309 g/mol. The number of nitrogens with two attached hydrogens (primary N) is 1. The molecule has 3 N–H and O–H groups in total. The molecule has 1 aliphatic heterocycles. The molecule has 104 valence electrons. The van der Waals surface area contributed by atoms with Crippen molar-refractivity contribution in [2.75, 3.05) is 29.0 Å².